The minimum absolute atomic E-state index is 0.353. The highest BCUT2D eigenvalue weighted by atomic mass is 14.9. The summed E-state index contributed by atoms with van der Waals surface area (Å²) in [5.74, 6) is 0.353. The van der Waals surface area contributed by atoms with E-state index in [1.807, 2.05) is 42.5 Å². The standard InChI is InChI=1S/C18H17N3/c19-12-16-14(11-10-13-6-2-1-3-7-13)15-8-4-5-9-17(15)21-18(16)20/h1-3,6-7,10-11H,4-5,8-9H2,(H2,20,21)/b11-10+. The molecule has 0 atom stereocenters. The Labute approximate surface area is 124 Å². The van der Waals surface area contributed by atoms with E-state index in [9.17, 15) is 5.26 Å². The lowest BCUT2D eigenvalue weighted by Gasteiger charge is -2.19. The van der Waals surface area contributed by atoms with E-state index in [1.54, 1.807) is 0 Å². The molecular weight excluding hydrogens is 258 g/mol. The largest absolute Gasteiger partial charge is 0.383 e. The number of nitrogen functional groups attached to an aromatic ring is 1. The Bertz CT molecular complexity index is 724. The fourth-order valence-electron chi connectivity index (χ4n) is 2.84. The molecule has 1 aromatic heterocycles. The van der Waals surface area contributed by atoms with Gasteiger partial charge in [-0.15, -0.1) is 0 Å². The number of nitrogens with two attached hydrogens (primary N) is 1. The van der Waals surface area contributed by atoms with Gasteiger partial charge in [-0.05, 0) is 36.8 Å². The SMILES string of the molecule is N#Cc1c(N)nc2c(c1/C=C/c1ccccc1)CCCC2. The maximum Gasteiger partial charge on any atom is 0.142 e. The van der Waals surface area contributed by atoms with Crippen LogP contribution < -0.4 is 5.73 Å². The average molecular weight is 275 g/mol. The van der Waals surface area contributed by atoms with Gasteiger partial charge >= 0.3 is 0 Å². The highest BCUT2D eigenvalue weighted by molar-refractivity contribution is 5.77. The summed E-state index contributed by atoms with van der Waals surface area (Å²) >= 11 is 0. The summed E-state index contributed by atoms with van der Waals surface area (Å²) in [6, 6.07) is 12.3. The number of aromatic nitrogens is 1. The Kier molecular flexibility index (Phi) is 3.70. The summed E-state index contributed by atoms with van der Waals surface area (Å²) < 4.78 is 0. The van der Waals surface area contributed by atoms with Crippen LogP contribution in [0.3, 0.4) is 0 Å². The molecule has 1 aliphatic carbocycles. The molecule has 0 saturated heterocycles. The van der Waals surface area contributed by atoms with Gasteiger partial charge in [0.1, 0.15) is 17.5 Å². The van der Waals surface area contributed by atoms with E-state index in [0.717, 1.165) is 42.5 Å². The van der Waals surface area contributed by atoms with Crippen molar-refractivity contribution in [3.8, 4) is 6.07 Å². The van der Waals surface area contributed by atoms with Gasteiger partial charge in [0.25, 0.3) is 0 Å². The van der Waals surface area contributed by atoms with Crippen molar-refractivity contribution in [2.75, 3.05) is 5.73 Å². The summed E-state index contributed by atoms with van der Waals surface area (Å²) in [5.41, 5.74) is 10.8. The zero-order valence-corrected chi connectivity index (χ0v) is 11.8. The van der Waals surface area contributed by atoms with Crippen LogP contribution in [0.2, 0.25) is 0 Å². The van der Waals surface area contributed by atoms with E-state index in [2.05, 4.69) is 11.1 Å². The second-order valence-corrected chi connectivity index (χ2v) is 5.27. The summed E-state index contributed by atoms with van der Waals surface area (Å²) in [4.78, 5) is 4.42. The molecule has 0 spiro atoms. The number of nitriles is 1. The van der Waals surface area contributed by atoms with Crippen LogP contribution in [0.25, 0.3) is 12.2 Å². The summed E-state index contributed by atoms with van der Waals surface area (Å²) in [6.07, 6.45) is 8.27. The first-order valence-electron chi connectivity index (χ1n) is 7.24. The lowest BCUT2D eigenvalue weighted by Crippen LogP contribution is -2.11. The number of nitrogens with zero attached hydrogens (tertiary/aromatic N) is 2. The van der Waals surface area contributed by atoms with Gasteiger partial charge in [-0.1, -0.05) is 42.5 Å². The molecule has 0 radical (unpaired) electrons. The summed E-state index contributed by atoms with van der Waals surface area (Å²) in [6.45, 7) is 0. The molecule has 1 aromatic carbocycles. The molecular formula is C18H17N3. The van der Waals surface area contributed by atoms with Crippen molar-refractivity contribution >= 4 is 18.0 Å². The van der Waals surface area contributed by atoms with E-state index in [-0.39, 0.29) is 0 Å². The normalized spacial score (nSPS) is 13.9. The number of benzene rings is 1. The van der Waals surface area contributed by atoms with Crippen molar-refractivity contribution in [1.82, 2.24) is 4.98 Å². The van der Waals surface area contributed by atoms with Gasteiger partial charge in [0.05, 0.1) is 0 Å². The second kappa shape index (κ2) is 5.80. The number of fused-ring (bicyclic) bond motifs is 1. The fraction of sp³-hybridized carbons (Fsp3) is 0.222. The van der Waals surface area contributed by atoms with Crippen LogP contribution in [-0.2, 0) is 12.8 Å². The molecule has 0 unspecified atom stereocenters. The highest BCUT2D eigenvalue weighted by Crippen LogP contribution is 2.29. The van der Waals surface area contributed by atoms with Gasteiger partial charge in [0.15, 0.2) is 0 Å². The lowest BCUT2D eigenvalue weighted by molar-refractivity contribution is 0.667. The molecule has 3 rings (SSSR count). The van der Waals surface area contributed by atoms with Crippen LogP contribution in [0.15, 0.2) is 30.3 Å². The van der Waals surface area contributed by atoms with Crippen molar-refractivity contribution in [1.29, 1.82) is 5.26 Å². The first-order valence-corrected chi connectivity index (χ1v) is 7.24. The van der Waals surface area contributed by atoms with E-state index < -0.39 is 0 Å². The van der Waals surface area contributed by atoms with Crippen LogP contribution in [0.5, 0.6) is 0 Å². The minimum Gasteiger partial charge on any atom is -0.383 e. The number of aryl methyl sites for hydroxylation is 1. The number of anilines is 1. The molecule has 2 N–H and O–H groups in total. The van der Waals surface area contributed by atoms with Crippen LogP contribution in [0, 0.1) is 11.3 Å². The van der Waals surface area contributed by atoms with Gasteiger partial charge < -0.3 is 5.73 Å². The van der Waals surface area contributed by atoms with E-state index >= 15 is 0 Å². The third kappa shape index (κ3) is 2.66. The molecule has 3 nitrogen and oxygen atoms in total. The molecule has 21 heavy (non-hydrogen) atoms. The fourth-order valence-corrected chi connectivity index (χ4v) is 2.84. The minimum atomic E-state index is 0.353. The Hall–Kier alpha value is -2.60. The third-order valence-corrected chi connectivity index (χ3v) is 3.90. The predicted molar refractivity (Wildman–Crippen MR) is 85.4 cm³/mol. The monoisotopic (exact) mass is 275 g/mol. The van der Waals surface area contributed by atoms with Crippen LogP contribution in [-0.4, -0.2) is 4.98 Å². The van der Waals surface area contributed by atoms with E-state index in [0.29, 0.717) is 11.4 Å². The Morgan fingerprint density at radius 2 is 1.86 bits per heavy atom. The molecule has 1 aliphatic rings. The maximum atomic E-state index is 9.39. The molecule has 0 amide bonds. The van der Waals surface area contributed by atoms with Gasteiger partial charge in [-0.3, -0.25) is 0 Å². The first-order chi connectivity index (χ1) is 10.3. The Balaban J connectivity index is 2.10. The van der Waals surface area contributed by atoms with Crippen molar-refractivity contribution in [3.05, 3.63) is 58.3 Å². The van der Waals surface area contributed by atoms with E-state index in [4.69, 9.17) is 5.73 Å². The smallest absolute Gasteiger partial charge is 0.142 e. The Morgan fingerprint density at radius 3 is 2.62 bits per heavy atom. The lowest BCUT2D eigenvalue weighted by atomic mass is 9.89. The molecule has 0 saturated carbocycles. The molecule has 1 heterocycles. The van der Waals surface area contributed by atoms with Crippen molar-refractivity contribution in [2.24, 2.45) is 0 Å². The molecule has 3 heteroatoms. The first kappa shape index (κ1) is 13.4. The van der Waals surface area contributed by atoms with Crippen LogP contribution in [0.1, 0.15) is 40.8 Å². The maximum absolute atomic E-state index is 9.39. The molecule has 0 fully saturated rings. The van der Waals surface area contributed by atoms with Gasteiger partial charge in [-0.2, -0.15) is 5.26 Å². The zero-order valence-electron chi connectivity index (χ0n) is 11.8. The van der Waals surface area contributed by atoms with Gasteiger partial charge in [0.2, 0.25) is 0 Å². The zero-order chi connectivity index (χ0) is 14.7. The number of pyridine rings is 1. The van der Waals surface area contributed by atoms with Crippen LogP contribution >= 0.6 is 0 Å². The quantitative estimate of drug-likeness (QED) is 0.911. The predicted octanol–water partition coefficient (Wildman–Crippen LogP) is 3.58. The third-order valence-electron chi connectivity index (χ3n) is 3.90. The van der Waals surface area contributed by atoms with Crippen molar-refractivity contribution in [3.63, 3.8) is 0 Å². The topological polar surface area (TPSA) is 62.7 Å². The molecule has 104 valence electrons. The highest BCUT2D eigenvalue weighted by Gasteiger charge is 2.19. The number of rotatable bonds is 2. The number of hydrogen-bond acceptors (Lipinski definition) is 3. The van der Waals surface area contributed by atoms with Crippen molar-refractivity contribution < 1.29 is 0 Å². The van der Waals surface area contributed by atoms with Gasteiger partial charge in [0, 0.05) is 11.3 Å². The van der Waals surface area contributed by atoms with Crippen molar-refractivity contribution in [2.45, 2.75) is 25.7 Å². The van der Waals surface area contributed by atoms with Crippen LogP contribution in [0.4, 0.5) is 5.82 Å². The second-order valence-electron chi connectivity index (χ2n) is 5.27. The molecule has 0 bridgehead atoms. The number of hydrogen-bond donors (Lipinski definition) is 1. The average Bonchev–Trinajstić information content (AvgIpc) is 2.53. The summed E-state index contributed by atoms with van der Waals surface area (Å²) in [7, 11) is 0. The molecule has 0 aliphatic heterocycles. The van der Waals surface area contributed by atoms with Gasteiger partial charge in [-0.25, -0.2) is 4.98 Å². The Morgan fingerprint density at radius 1 is 1.10 bits per heavy atom. The molecule has 2 aromatic rings. The summed E-state index contributed by atoms with van der Waals surface area (Å²) in [5, 5.41) is 9.39. The van der Waals surface area contributed by atoms with E-state index in [1.165, 1.54) is 5.56 Å².